The van der Waals surface area contributed by atoms with Crippen molar-refractivity contribution >= 4 is 0 Å². The Bertz CT molecular complexity index is 197. The van der Waals surface area contributed by atoms with Crippen molar-refractivity contribution in [2.24, 2.45) is 17.1 Å². The third kappa shape index (κ3) is 4.84. The van der Waals surface area contributed by atoms with E-state index >= 15 is 0 Å². The topological polar surface area (TPSA) is 38.0 Å². The van der Waals surface area contributed by atoms with Gasteiger partial charge in [-0.3, -0.25) is 0 Å². The first-order chi connectivity index (χ1) is 7.33. The molecule has 1 aliphatic rings. The Morgan fingerprint density at radius 1 is 1.25 bits per heavy atom. The third-order valence-corrected chi connectivity index (χ3v) is 3.59. The van der Waals surface area contributed by atoms with E-state index in [-0.39, 0.29) is 5.54 Å². The van der Waals surface area contributed by atoms with E-state index in [0.717, 1.165) is 19.0 Å². The standard InChI is InChI=1S/C14H30N2/c1-12(2)9-14(7-5-6-8-14)11-16-10-13(3,4)15/h12,16H,5-11,15H2,1-4H3. The van der Waals surface area contributed by atoms with Crippen molar-refractivity contribution in [3.05, 3.63) is 0 Å². The van der Waals surface area contributed by atoms with Crippen LogP contribution in [-0.4, -0.2) is 18.6 Å². The van der Waals surface area contributed by atoms with Gasteiger partial charge in [-0.25, -0.2) is 0 Å². The largest absolute Gasteiger partial charge is 0.324 e. The van der Waals surface area contributed by atoms with Crippen molar-refractivity contribution in [2.45, 2.75) is 65.3 Å². The molecule has 0 aromatic rings. The lowest BCUT2D eigenvalue weighted by Crippen LogP contribution is -2.46. The smallest absolute Gasteiger partial charge is 0.0223 e. The first-order valence-electron chi connectivity index (χ1n) is 6.83. The fourth-order valence-electron chi connectivity index (χ4n) is 3.09. The predicted octanol–water partition coefficient (Wildman–Crippen LogP) is 2.92. The fraction of sp³-hybridized carbons (Fsp3) is 1.00. The number of rotatable bonds is 6. The van der Waals surface area contributed by atoms with Crippen LogP contribution in [0.1, 0.15) is 59.8 Å². The zero-order valence-corrected chi connectivity index (χ0v) is 11.6. The van der Waals surface area contributed by atoms with Crippen LogP contribution >= 0.6 is 0 Å². The summed E-state index contributed by atoms with van der Waals surface area (Å²) < 4.78 is 0. The van der Waals surface area contributed by atoms with Gasteiger partial charge in [-0.1, -0.05) is 26.7 Å². The van der Waals surface area contributed by atoms with Crippen LogP contribution in [0.3, 0.4) is 0 Å². The van der Waals surface area contributed by atoms with Crippen molar-refractivity contribution in [1.82, 2.24) is 5.32 Å². The van der Waals surface area contributed by atoms with Crippen LogP contribution < -0.4 is 11.1 Å². The summed E-state index contributed by atoms with van der Waals surface area (Å²) >= 11 is 0. The van der Waals surface area contributed by atoms with Gasteiger partial charge in [-0.2, -0.15) is 0 Å². The summed E-state index contributed by atoms with van der Waals surface area (Å²) in [5.41, 5.74) is 6.49. The average Bonchev–Trinajstić information content (AvgIpc) is 2.49. The molecule has 0 bridgehead atoms. The van der Waals surface area contributed by atoms with E-state index in [4.69, 9.17) is 5.73 Å². The van der Waals surface area contributed by atoms with Crippen molar-refractivity contribution < 1.29 is 0 Å². The third-order valence-electron chi connectivity index (χ3n) is 3.59. The Labute approximate surface area is 101 Å². The highest BCUT2D eigenvalue weighted by Crippen LogP contribution is 2.42. The molecule has 1 saturated carbocycles. The van der Waals surface area contributed by atoms with E-state index < -0.39 is 0 Å². The molecule has 0 aliphatic heterocycles. The fourth-order valence-corrected chi connectivity index (χ4v) is 3.09. The molecule has 0 heterocycles. The van der Waals surface area contributed by atoms with Crippen LogP contribution in [0.15, 0.2) is 0 Å². The van der Waals surface area contributed by atoms with Crippen molar-refractivity contribution in [3.8, 4) is 0 Å². The molecule has 0 unspecified atom stereocenters. The van der Waals surface area contributed by atoms with Crippen LogP contribution in [-0.2, 0) is 0 Å². The van der Waals surface area contributed by atoms with Crippen LogP contribution in [0.5, 0.6) is 0 Å². The molecule has 0 aromatic heterocycles. The second-order valence-corrected chi connectivity index (χ2v) is 6.90. The van der Waals surface area contributed by atoms with Crippen LogP contribution in [0, 0.1) is 11.3 Å². The van der Waals surface area contributed by atoms with E-state index in [1.165, 1.54) is 32.1 Å². The molecule has 0 saturated heterocycles. The molecule has 0 amide bonds. The van der Waals surface area contributed by atoms with Gasteiger partial charge in [-0.15, -0.1) is 0 Å². The molecule has 0 aromatic carbocycles. The molecule has 0 spiro atoms. The SMILES string of the molecule is CC(C)CC1(CNCC(C)(C)N)CCCC1. The van der Waals surface area contributed by atoms with E-state index in [1.54, 1.807) is 0 Å². The predicted molar refractivity (Wildman–Crippen MR) is 71.5 cm³/mol. The van der Waals surface area contributed by atoms with Crippen LogP contribution in [0.2, 0.25) is 0 Å². The highest BCUT2D eigenvalue weighted by Gasteiger charge is 2.34. The molecular weight excluding hydrogens is 196 g/mol. The molecule has 3 N–H and O–H groups in total. The summed E-state index contributed by atoms with van der Waals surface area (Å²) in [4.78, 5) is 0. The lowest BCUT2D eigenvalue weighted by Gasteiger charge is -2.32. The highest BCUT2D eigenvalue weighted by atomic mass is 14.9. The minimum atomic E-state index is -0.0857. The van der Waals surface area contributed by atoms with Crippen LogP contribution in [0.4, 0.5) is 0 Å². The number of nitrogens with one attached hydrogen (secondary N) is 1. The maximum Gasteiger partial charge on any atom is 0.0223 e. The zero-order valence-electron chi connectivity index (χ0n) is 11.6. The molecule has 1 fully saturated rings. The molecule has 96 valence electrons. The van der Waals surface area contributed by atoms with Gasteiger partial charge < -0.3 is 11.1 Å². The summed E-state index contributed by atoms with van der Waals surface area (Å²) in [7, 11) is 0. The first-order valence-corrected chi connectivity index (χ1v) is 6.83. The second-order valence-electron chi connectivity index (χ2n) is 6.90. The maximum atomic E-state index is 6.00. The summed E-state index contributed by atoms with van der Waals surface area (Å²) in [5.74, 6) is 0.811. The minimum absolute atomic E-state index is 0.0857. The zero-order chi connectivity index (χ0) is 12.2. The molecule has 1 aliphatic carbocycles. The van der Waals surface area contributed by atoms with E-state index in [0.29, 0.717) is 5.41 Å². The van der Waals surface area contributed by atoms with Gasteiger partial charge in [0.2, 0.25) is 0 Å². The van der Waals surface area contributed by atoms with Crippen molar-refractivity contribution in [2.75, 3.05) is 13.1 Å². The molecule has 2 heteroatoms. The number of hydrogen-bond acceptors (Lipinski definition) is 2. The van der Waals surface area contributed by atoms with Crippen molar-refractivity contribution in [1.29, 1.82) is 0 Å². The molecular formula is C14H30N2. The molecule has 16 heavy (non-hydrogen) atoms. The van der Waals surface area contributed by atoms with Gasteiger partial charge in [0.05, 0.1) is 0 Å². The number of hydrogen-bond donors (Lipinski definition) is 2. The van der Waals surface area contributed by atoms with Gasteiger partial charge in [0.25, 0.3) is 0 Å². The molecule has 0 atom stereocenters. The van der Waals surface area contributed by atoms with Gasteiger partial charge in [0.15, 0.2) is 0 Å². The first kappa shape index (κ1) is 14.0. The van der Waals surface area contributed by atoms with Gasteiger partial charge >= 0.3 is 0 Å². The summed E-state index contributed by atoms with van der Waals surface area (Å²) in [6.45, 7) is 10.9. The van der Waals surface area contributed by atoms with Crippen LogP contribution in [0.25, 0.3) is 0 Å². The average molecular weight is 226 g/mol. The quantitative estimate of drug-likeness (QED) is 0.731. The Morgan fingerprint density at radius 3 is 2.25 bits per heavy atom. The lowest BCUT2D eigenvalue weighted by atomic mass is 9.78. The van der Waals surface area contributed by atoms with E-state index in [9.17, 15) is 0 Å². The normalized spacial score (nSPS) is 20.6. The summed E-state index contributed by atoms with van der Waals surface area (Å²) in [6, 6.07) is 0. The Morgan fingerprint density at radius 2 is 1.81 bits per heavy atom. The second kappa shape index (κ2) is 5.50. The molecule has 1 rings (SSSR count). The van der Waals surface area contributed by atoms with Crippen molar-refractivity contribution in [3.63, 3.8) is 0 Å². The maximum absolute atomic E-state index is 6.00. The summed E-state index contributed by atoms with van der Waals surface area (Å²) in [5, 5.41) is 3.59. The number of nitrogens with two attached hydrogens (primary N) is 1. The molecule has 2 nitrogen and oxygen atoms in total. The Kier molecular flexibility index (Phi) is 4.81. The van der Waals surface area contributed by atoms with E-state index in [2.05, 4.69) is 33.0 Å². The Balaban J connectivity index is 2.39. The van der Waals surface area contributed by atoms with E-state index in [1.807, 2.05) is 0 Å². The Hall–Kier alpha value is -0.0800. The highest BCUT2D eigenvalue weighted by molar-refractivity contribution is 4.88. The minimum Gasteiger partial charge on any atom is -0.324 e. The van der Waals surface area contributed by atoms with Gasteiger partial charge in [-0.05, 0) is 44.4 Å². The summed E-state index contributed by atoms with van der Waals surface area (Å²) in [6.07, 6.45) is 7.01. The monoisotopic (exact) mass is 226 g/mol. The van der Waals surface area contributed by atoms with Gasteiger partial charge in [0, 0.05) is 18.6 Å². The van der Waals surface area contributed by atoms with Gasteiger partial charge in [0.1, 0.15) is 0 Å². The lowest BCUT2D eigenvalue weighted by molar-refractivity contribution is 0.219. The molecule has 0 radical (unpaired) electrons.